The maximum Gasteiger partial charge on any atom is 0.328 e. The average molecular weight is 295 g/mol. The molecule has 2 aromatic rings. The molecule has 1 aromatic carbocycles. The number of anilines is 1. The van der Waals surface area contributed by atoms with Gasteiger partial charge in [0.05, 0.1) is 0 Å². The first-order valence-corrected chi connectivity index (χ1v) is 5.93. The van der Waals surface area contributed by atoms with Gasteiger partial charge in [0.25, 0.3) is 5.91 Å². The number of nitrogens with one attached hydrogen (secondary N) is 1. The highest BCUT2D eigenvalue weighted by Crippen LogP contribution is 2.14. The Labute approximate surface area is 118 Å². The number of carboxylic acids is 1. The summed E-state index contributed by atoms with van der Waals surface area (Å²) >= 11 is 0. The van der Waals surface area contributed by atoms with Crippen LogP contribution in [0.2, 0.25) is 0 Å². The molecule has 21 heavy (non-hydrogen) atoms. The fourth-order valence-electron chi connectivity index (χ4n) is 1.56. The molecule has 0 aliphatic heterocycles. The lowest BCUT2D eigenvalue weighted by Crippen LogP contribution is -2.18. The van der Waals surface area contributed by atoms with Gasteiger partial charge in [-0.15, -0.1) is 0 Å². The van der Waals surface area contributed by atoms with Crippen molar-refractivity contribution < 1.29 is 23.5 Å². The van der Waals surface area contributed by atoms with Crippen molar-refractivity contribution in [3.05, 3.63) is 47.8 Å². The van der Waals surface area contributed by atoms with E-state index in [9.17, 15) is 18.4 Å². The van der Waals surface area contributed by atoms with E-state index >= 15 is 0 Å². The van der Waals surface area contributed by atoms with Crippen LogP contribution in [-0.2, 0) is 4.79 Å². The molecule has 8 heteroatoms. The van der Waals surface area contributed by atoms with Crippen molar-refractivity contribution in [1.29, 1.82) is 0 Å². The second kappa shape index (κ2) is 5.70. The van der Waals surface area contributed by atoms with E-state index in [1.54, 1.807) is 0 Å². The molecule has 0 fully saturated rings. The van der Waals surface area contributed by atoms with Crippen LogP contribution in [0.15, 0.2) is 30.5 Å². The number of carbonyl (C=O) groups is 2. The van der Waals surface area contributed by atoms with Gasteiger partial charge < -0.3 is 10.4 Å². The van der Waals surface area contributed by atoms with Crippen LogP contribution in [-0.4, -0.2) is 26.8 Å². The lowest BCUT2D eigenvalue weighted by Gasteiger charge is -2.06. The molecule has 0 saturated carbocycles. The smallest absolute Gasteiger partial charge is 0.328 e. The normalized spacial score (nSPS) is 12.0. The molecule has 1 heterocycles. The van der Waals surface area contributed by atoms with Crippen molar-refractivity contribution >= 4 is 17.6 Å². The molecule has 0 aliphatic rings. The number of rotatable bonds is 4. The third kappa shape index (κ3) is 3.22. The van der Waals surface area contributed by atoms with Gasteiger partial charge in [-0.25, -0.2) is 13.6 Å². The number of hydrogen-bond acceptors (Lipinski definition) is 3. The van der Waals surface area contributed by atoms with Crippen LogP contribution in [0.1, 0.15) is 23.5 Å². The van der Waals surface area contributed by atoms with E-state index in [-0.39, 0.29) is 11.4 Å². The van der Waals surface area contributed by atoms with Gasteiger partial charge in [0.15, 0.2) is 17.3 Å². The van der Waals surface area contributed by atoms with Crippen LogP contribution in [0.25, 0.3) is 0 Å². The molecule has 1 aromatic heterocycles. The van der Waals surface area contributed by atoms with Crippen molar-refractivity contribution in [2.75, 3.05) is 5.32 Å². The first-order valence-electron chi connectivity index (χ1n) is 5.93. The van der Waals surface area contributed by atoms with E-state index in [4.69, 9.17) is 5.11 Å². The first kappa shape index (κ1) is 14.6. The van der Waals surface area contributed by atoms with Gasteiger partial charge in [-0.1, -0.05) is 0 Å². The van der Waals surface area contributed by atoms with E-state index < -0.39 is 29.6 Å². The third-order valence-electron chi connectivity index (χ3n) is 2.77. The highest BCUT2D eigenvalue weighted by molar-refractivity contribution is 6.02. The molecule has 1 unspecified atom stereocenters. The molecule has 2 rings (SSSR count). The molecule has 0 radical (unpaired) electrons. The molecule has 0 aliphatic carbocycles. The van der Waals surface area contributed by atoms with Gasteiger partial charge in [-0.2, -0.15) is 5.10 Å². The number of hydrogen-bond donors (Lipinski definition) is 2. The molecular formula is C13H11F2N3O3. The van der Waals surface area contributed by atoms with E-state index in [1.807, 2.05) is 0 Å². The molecule has 110 valence electrons. The van der Waals surface area contributed by atoms with E-state index in [0.717, 1.165) is 16.8 Å². The fraction of sp³-hybridized carbons (Fsp3) is 0.154. The van der Waals surface area contributed by atoms with E-state index in [2.05, 4.69) is 10.4 Å². The summed E-state index contributed by atoms with van der Waals surface area (Å²) in [7, 11) is 0. The number of amides is 1. The van der Waals surface area contributed by atoms with Crippen LogP contribution in [0.5, 0.6) is 0 Å². The Balaban J connectivity index is 2.13. The monoisotopic (exact) mass is 295 g/mol. The van der Waals surface area contributed by atoms with Crippen molar-refractivity contribution in [2.24, 2.45) is 0 Å². The van der Waals surface area contributed by atoms with Crippen molar-refractivity contribution in [3.63, 3.8) is 0 Å². The summed E-state index contributed by atoms with van der Waals surface area (Å²) in [6.07, 6.45) is 1.35. The standard InChI is InChI=1S/C13H11F2N3O3/c1-7(13(20)21)18-5-4-11(17-18)12(19)16-8-2-3-9(14)10(15)6-8/h2-7H,1H3,(H,16,19)(H,20,21). The van der Waals surface area contributed by atoms with Crippen molar-refractivity contribution in [1.82, 2.24) is 9.78 Å². The van der Waals surface area contributed by atoms with Crippen LogP contribution in [0.4, 0.5) is 14.5 Å². The number of aliphatic carboxylic acids is 1. The minimum atomic E-state index is -1.09. The summed E-state index contributed by atoms with van der Waals surface area (Å²) in [6.45, 7) is 1.41. The number of carboxylic acid groups (broad SMARTS) is 1. The SMILES string of the molecule is CC(C(=O)O)n1ccc(C(=O)Nc2ccc(F)c(F)c2)n1. The van der Waals surface area contributed by atoms with Crippen molar-refractivity contribution in [2.45, 2.75) is 13.0 Å². The molecule has 2 N–H and O–H groups in total. The summed E-state index contributed by atoms with van der Waals surface area (Å²) in [6, 6.07) is 3.33. The predicted molar refractivity (Wildman–Crippen MR) is 68.9 cm³/mol. The van der Waals surface area contributed by atoms with Gasteiger partial charge in [0, 0.05) is 18.0 Å². The maximum atomic E-state index is 13.0. The molecule has 0 spiro atoms. The lowest BCUT2D eigenvalue weighted by atomic mass is 10.3. The molecular weight excluding hydrogens is 284 g/mol. The van der Waals surface area contributed by atoms with Gasteiger partial charge in [0.2, 0.25) is 0 Å². The van der Waals surface area contributed by atoms with E-state index in [1.165, 1.54) is 25.3 Å². The summed E-state index contributed by atoms with van der Waals surface area (Å²) in [5.74, 6) is -3.85. The first-order chi connectivity index (χ1) is 9.88. The lowest BCUT2D eigenvalue weighted by molar-refractivity contribution is -0.140. The van der Waals surface area contributed by atoms with Gasteiger partial charge in [-0.05, 0) is 25.1 Å². The summed E-state index contributed by atoms with van der Waals surface area (Å²) in [5.41, 5.74) is 0.0348. The zero-order chi connectivity index (χ0) is 15.6. The molecule has 6 nitrogen and oxygen atoms in total. The van der Waals surface area contributed by atoms with Gasteiger partial charge >= 0.3 is 5.97 Å². The number of nitrogens with zero attached hydrogens (tertiary/aromatic N) is 2. The van der Waals surface area contributed by atoms with Crippen LogP contribution < -0.4 is 5.32 Å². The Bertz CT molecular complexity index is 700. The number of benzene rings is 1. The molecule has 0 saturated heterocycles. The van der Waals surface area contributed by atoms with Crippen LogP contribution >= 0.6 is 0 Å². The maximum absolute atomic E-state index is 13.0. The number of carbonyl (C=O) groups excluding carboxylic acids is 1. The van der Waals surface area contributed by atoms with Crippen molar-refractivity contribution in [3.8, 4) is 0 Å². The highest BCUT2D eigenvalue weighted by atomic mass is 19.2. The molecule has 0 bridgehead atoms. The molecule has 1 atom stereocenters. The molecule has 1 amide bonds. The second-order valence-electron chi connectivity index (χ2n) is 4.28. The highest BCUT2D eigenvalue weighted by Gasteiger charge is 2.17. The largest absolute Gasteiger partial charge is 0.480 e. The Morgan fingerprint density at radius 1 is 1.29 bits per heavy atom. The van der Waals surface area contributed by atoms with Crippen LogP contribution in [0.3, 0.4) is 0 Å². The minimum absolute atomic E-state index is 0.0344. The summed E-state index contributed by atoms with van der Waals surface area (Å²) in [4.78, 5) is 22.7. The minimum Gasteiger partial charge on any atom is -0.480 e. The topological polar surface area (TPSA) is 84.2 Å². The quantitative estimate of drug-likeness (QED) is 0.904. The Morgan fingerprint density at radius 3 is 2.62 bits per heavy atom. The average Bonchev–Trinajstić information content (AvgIpc) is 2.91. The summed E-state index contributed by atoms with van der Waals surface area (Å²) in [5, 5.41) is 15.0. The Morgan fingerprint density at radius 2 is 2.00 bits per heavy atom. The van der Waals surface area contributed by atoms with E-state index in [0.29, 0.717) is 0 Å². The fourth-order valence-corrected chi connectivity index (χ4v) is 1.56. The third-order valence-corrected chi connectivity index (χ3v) is 2.77. The summed E-state index contributed by atoms with van der Waals surface area (Å²) < 4.78 is 26.9. The number of aromatic nitrogens is 2. The zero-order valence-corrected chi connectivity index (χ0v) is 10.9. The Hall–Kier alpha value is -2.77. The Kier molecular flexibility index (Phi) is 3.97. The zero-order valence-electron chi connectivity index (χ0n) is 10.9. The van der Waals surface area contributed by atoms with Gasteiger partial charge in [-0.3, -0.25) is 9.48 Å². The number of halogens is 2. The van der Waals surface area contributed by atoms with Crippen LogP contribution in [0, 0.1) is 11.6 Å². The predicted octanol–water partition coefficient (Wildman–Crippen LogP) is 2.06. The van der Waals surface area contributed by atoms with Gasteiger partial charge in [0.1, 0.15) is 6.04 Å². The second-order valence-corrected chi connectivity index (χ2v) is 4.28.